The van der Waals surface area contributed by atoms with E-state index in [-0.39, 0.29) is 12.2 Å². The second-order valence-corrected chi connectivity index (χ2v) is 5.03. The highest BCUT2D eigenvalue weighted by atomic mass is 16.4. The quantitative estimate of drug-likeness (QED) is 0.395. The minimum atomic E-state index is -0.719. The summed E-state index contributed by atoms with van der Waals surface area (Å²) >= 11 is 0. The average Bonchev–Trinajstić information content (AvgIpc) is 2.37. The van der Waals surface area contributed by atoms with Crippen LogP contribution in [-0.4, -0.2) is 16.9 Å². The lowest BCUT2D eigenvalue weighted by molar-refractivity contribution is -0.137. The van der Waals surface area contributed by atoms with Gasteiger partial charge in [0.05, 0.1) is 0 Å². The highest BCUT2D eigenvalue weighted by Gasteiger charge is 1.98. The van der Waals surface area contributed by atoms with E-state index in [1.54, 1.807) is 6.08 Å². The Labute approximate surface area is 117 Å². The number of rotatable bonds is 13. The molecular weight excluding hydrogens is 240 g/mol. The van der Waals surface area contributed by atoms with Gasteiger partial charge in [-0.05, 0) is 31.8 Å². The van der Waals surface area contributed by atoms with Gasteiger partial charge in [-0.3, -0.25) is 9.59 Å². The predicted molar refractivity (Wildman–Crippen MR) is 78.2 cm³/mol. The minimum absolute atomic E-state index is 0.224. The third kappa shape index (κ3) is 14.8. The van der Waals surface area contributed by atoms with E-state index in [1.807, 2.05) is 6.08 Å². The fourth-order valence-corrected chi connectivity index (χ4v) is 1.92. The normalized spacial score (nSPS) is 11.0. The van der Waals surface area contributed by atoms with Gasteiger partial charge in [-0.1, -0.05) is 45.1 Å². The van der Waals surface area contributed by atoms with E-state index in [2.05, 4.69) is 6.92 Å². The van der Waals surface area contributed by atoms with Gasteiger partial charge in [0.1, 0.15) is 0 Å². The van der Waals surface area contributed by atoms with Crippen LogP contribution in [0.25, 0.3) is 0 Å². The Morgan fingerprint density at radius 3 is 2.16 bits per heavy atom. The largest absolute Gasteiger partial charge is 0.481 e. The maximum absolute atomic E-state index is 11.5. The van der Waals surface area contributed by atoms with Crippen LogP contribution in [0, 0.1) is 0 Å². The summed E-state index contributed by atoms with van der Waals surface area (Å²) < 4.78 is 0. The summed E-state index contributed by atoms with van der Waals surface area (Å²) in [5.41, 5.74) is 0. The maximum atomic E-state index is 11.5. The van der Waals surface area contributed by atoms with Gasteiger partial charge in [-0.2, -0.15) is 0 Å². The molecule has 0 saturated heterocycles. The smallest absolute Gasteiger partial charge is 0.303 e. The lowest BCUT2D eigenvalue weighted by Gasteiger charge is -1.99. The first-order valence-corrected chi connectivity index (χ1v) is 7.58. The Morgan fingerprint density at radius 2 is 1.53 bits per heavy atom. The molecular formula is C16H28O3. The SMILES string of the molecule is CCCCCC=CC(=O)CCCCCCCC(=O)O. The van der Waals surface area contributed by atoms with Crippen molar-refractivity contribution >= 4 is 11.8 Å². The van der Waals surface area contributed by atoms with Crippen LogP contribution in [-0.2, 0) is 9.59 Å². The van der Waals surface area contributed by atoms with E-state index in [1.165, 1.54) is 19.3 Å². The summed E-state index contributed by atoms with van der Waals surface area (Å²) in [6, 6.07) is 0. The Bertz CT molecular complexity index is 269. The molecule has 0 amide bonds. The fraction of sp³-hybridized carbons (Fsp3) is 0.750. The van der Waals surface area contributed by atoms with Gasteiger partial charge in [-0.15, -0.1) is 0 Å². The average molecular weight is 268 g/mol. The third-order valence-corrected chi connectivity index (χ3v) is 3.09. The summed E-state index contributed by atoms with van der Waals surface area (Å²) in [4.78, 5) is 21.8. The van der Waals surface area contributed by atoms with Crippen molar-refractivity contribution in [1.82, 2.24) is 0 Å². The van der Waals surface area contributed by atoms with E-state index >= 15 is 0 Å². The molecule has 0 heterocycles. The first-order valence-electron chi connectivity index (χ1n) is 7.58. The molecule has 0 aromatic rings. The van der Waals surface area contributed by atoms with Gasteiger partial charge >= 0.3 is 5.97 Å². The number of allylic oxidation sites excluding steroid dienone is 2. The number of unbranched alkanes of at least 4 members (excludes halogenated alkanes) is 7. The van der Waals surface area contributed by atoms with Gasteiger partial charge in [0.2, 0.25) is 0 Å². The summed E-state index contributed by atoms with van der Waals surface area (Å²) in [5, 5.41) is 8.47. The first kappa shape index (κ1) is 17.9. The van der Waals surface area contributed by atoms with Crippen LogP contribution in [0.4, 0.5) is 0 Å². The van der Waals surface area contributed by atoms with Crippen molar-refractivity contribution in [3.8, 4) is 0 Å². The van der Waals surface area contributed by atoms with E-state index in [9.17, 15) is 9.59 Å². The van der Waals surface area contributed by atoms with Gasteiger partial charge in [0, 0.05) is 12.8 Å². The van der Waals surface area contributed by atoms with Crippen molar-refractivity contribution in [1.29, 1.82) is 0 Å². The van der Waals surface area contributed by atoms with E-state index in [4.69, 9.17) is 5.11 Å². The summed E-state index contributed by atoms with van der Waals surface area (Å²) in [6.45, 7) is 2.17. The Kier molecular flexibility index (Phi) is 12.5. The number of carboxylic acids is 1. The fourth-order valence-electron chi connectivity index (χ4n) is 1.92. The van der Waals surface area contributed by atoms with Crippen LogP contribution in [0.15, 0.2) is 12.2 Å². The van der Waals surface area contributed by atoms with Crippen molar-refractivity contribution < 1.29 is 14.7 Å². The standard InChI is InChI=1S/C16H28O3/c1-2-3-4-6-9-12-15(17)13-10-7-5-8-11-14-16(18)19/h9,12H,2-8,10-11,13-14H2,1H3,(H,18,19). The molecule has 0 spiro atoms. The lowest BCUT2D eigenvalue weighted by Crippen LogP contribution is -1.94. The lowest BCUT2D eigenvalue weighted by atomic mass is 10.1. The number of carbonyl (C=O) groups excluding carboxylic acids is 1. The third-order valence-electron chi connectivity index (χ3n) is 3.09. The number of carbonyl (C=O) groups is 2. The van der Waals surface area contributed by atoms with Crippen LogP contribution < -0.4 is 0 Å². The molecule has 0 aliphatic heterocycles. The van der Waals surface area contributed by atoms with Crippen LogP contribution in [0.5, 0.6) is 0 Å². The van der Waals surface area contributed by atoms with Crippen LogP contribution in [0.2, 0.25) is 0 Å². The molecule has 0 saturated carbocycles. The zero-order valence-corrected chi connectivity index (χ0v) is 12.2. The van der Waals surface area contributed by atoms with E-state index in [0.29, 0.717) is 6.42 Å². The molecule has 19 heavy (non-hydrogen) atoms. The monoisotopic (exact) mass is 268 g/mol. The molecule has 0 rings (SSSR count). The number of carboxylic acid groups (broad SMARTS) is 1. The molecule has 0 aliphatic rings. The highest BCUT2D eigenvalue weighted by molar-refractivity contribution is 5.89. The molecule has 0 aromatic heterocycles. The molecule has 110 valence electrons. The van der Waals surface area contributed by atoms with Gasteiger partial charge in [0.25, 0.3) is 0 Å². The van der Waals surface area contributed by atoms with Gasteiger partial charge in [-0.25, -0.2) is 0 Å². The molecule has 0 fully saturated rings. The second kappa shape index (κ2) is 13.3. The van der Waals surface area contributed by atoms with Crippen molar-refractivity contribution in [2.45, 2.75) is 77.6 Å². The molecule has 0 radical (unpaired) electrons. The maximum Gasteiger partial charge on any atom is 0.303 e. The Balaban J connectivity index is 3.31. The molecule has 0 aliphatic carbocycles. The van der Waals surface area contributed by atoms with E-state index in [0.717, 1.165) is 38.5 Å². The molecule has 3 nitrogen and oxygen atoms in total. The van der Waals surface area contributed by atoms with Crippen molar-refractivity contribution in [2.75, 3.05) is 0 Å². The first-order chi connectivity index (χ1) is 9.16. The summed E-state index contributed by atoms with van der Waals surface area (Å²) in [7, 11) is 0. The topological polar surface area (TPSA) is 54.4 Å². The van der Waals surface area contributed by atoms with Crippen molar-refractivity contribution in [3.05, 3.63) is 12.2 Å². The van der Waals surface area contributed by atoms with E-state index < -0.39 is 5.97 Å². The summed E-state index contributed by atoms with van der Waals surface area (Å²) in [6.07, 6.45) is 13.9. The number of ketones is 1. The van der Waals surface area contributed by atoms with Crippen molar-refractivity contribution in [3.63, 3.8) is 0 Å². The minimum Gasteiger partial charge on any atom is -0.481 e. The second-order valence-electron chi connectivity index (χ2n) is 5.03. The highest BCUT2D eigenvalue weighted by Crippen LogP contribution is 2.08. The zero-order valence-electron chi connectivity index (χ0n) is 12.2. The summed E-state index contributed by atoms with van der Waals surface area (Å²) in [5.74, 6) is -0.495. The molecule has 3 heteroatoms. The molecule has 0 atom stereocenters. The molecule has 1 N–H and O–H groups in total. The number of aliphatic carboxylic acids is 1. The number of hydrogen-bond acceptors (Lipinski definition) is 2. The van der Waals surface area contributed by atoms with Gasteiger partial charge < -0.3 is 5.11 Å². The Morgan fingerprint density at radius 1 is 0.895 bits per heavy atom. The van der Waals surface area contributed by atoms with Crippen LogP contribution in [0.3, 0.4) is 0 Å². The Hall–Kier alpha value is -1.12. The molecule has 0 bridgehead atoms. The molecule has 0 unspecified atom stereocenters. The zero-order chi connectivity index (χ0) is 14.3. The van der Waals surface area contributed by atoms with Crippen LogP contribution >= 0.6 is 0 Å². The van der Waals surface area contributed by atoms with Crippen LogP contribution in [0.1, 0.15) is 77.6 Å². The predicted octanol–water partition coefficient (Wildman–Crippen LogP) is 4.51. The number of hydrogen-bond donors (Lipinski definition) is 1. The van der Waals surface area contributed by atoms with Gasteiger partial charge in [0.15, 0.2) is 5.78 Å². The van der Waals surface area contributed by atoms with Crippen molar-refractivity contribution in [2.24, 2.45) is 0 Å². The molecule has 0 aromatic carbocycles.